The first kappa shape index (κ1) is 13.5. The molecule has 21 heavy (non-hydrogen) atoms. The molecule has 0 bridgehead atoms. The van der Waals surface area contributed by atoms with E-state index in [1.165, 1.54) is 12.1 Å². The summed E-state index contributed by atoms with van der Waals surface area (Å²) >= 11 is 0. The Kier molecular flexibility index (Phi) is 3.08. The van der Waals surface area contributed by atoms with Crippen molar-refractivity contribution in [1.82, 2.24) is 9.38 Å². The lowest BCUT2D eigenvalue weighted by molar-refractivity contribution is -0.137. The Labute approximate surface area is 118 Å². The van der Waals surface area contributed by atoms with Crippen LogP contribution in [0.3, 0.4) is 0 Å². The average Bonchev–Trinajstić information content (AvgIpc) is 2.79. The summed E-state index contributed by atoms with van der Waals surface area (Å²) in [5.41, 5.74) is 7.98. The first-order chi connectivity index (χ1) is 9.91. The number of anilines is 1. The van der Waals surface area contributed by atoms with Gasteiger partial charge in [-0.15, -0.1) is 0 Å². The number of hydrogen-bond acceptors (Lipinski definition) is 2. The Balaban J connectivity index is 1.84. The lowest BCUT2D eigenvalue weighted by atomic mass is 10.1. The van der Waals surface area contributed by atoms with Crippen molar-refractivity contribution in [3.63, 3.8) is 0 Å². The van der Waals surface area contributed by atoms with Gasteiger partial charge in [0.1, 0.15) is 5.65 Å². The monoisotopic (exact) mass is 291 g/mol. The smallest absolute Gasteiger partial charge is 0.398 e. The summed E-state index contributed by atoms with van der Waals surface area (Å²) in [6.45, 7) is 0. The topological polar surface area (TPSA) is 43.3 Å². The summed E-state index contributed by atoms with van der Waals surface area (Å²) < 4.78 is 39.3. The fourth-order valence-electron chi connectivity index (χ4n) is 2.17. The van der Waals surface area contributed by atoms with E-state index in [4.69, 9.17) is 5.73 Å². The summed E-state index contributed by atoms with van der Waals surface area (Å²) in [6, 6.07) is 8.67. The molecule has 2 heterocycles. The molecule has 0 unspecified atom stereocenters. The second-order valence-corrected chi connectivity index (χ2v) is 4.83. The third-order valence-electron chi connectivity index (χ3n) is 3.19. The third kappa shape index (κ3) is 2.84. The molecule has 2 N–H and O–H groups in total. The molecule has 0 spiro atoms. The van der Waals surface area contributed by atoms with Gasteiger partial charge in [0, 0.05) is 24.5 Å². The number of rotatable bonds is 2. The molecule has 6 heteroatoms. The molecule has 0 amide bonds. The Morgan fingerprint density at radius 2 is 1.71 bits per heavy atom. The maximum atomic E-state index is 12.5. The molecule has 108 valence electrons. The number of benzene rings is 1. The van der Waals surface area contributed by atoms with Gasteiger partial charge in [-0.3, -0.25) is 0 Å². The zero-order chi connectivity index (χ0) is 15.0. The van der Waals surface area contributed by atoms with Gasteiger partial charge in [0.25, 0.3) is 0 Å². The highest BCUT2D eigenvalue weighted by atomic mass is 19.4. The Bertz CT molecular complexity index is 773. The number of nitrogen functional groups attached to an aromatic ring is 1. The van der Waals surface area contributed by atoms with E-state index < -0.39 is 11.7 Å². The lowest BCUT2D eigenvalue weighted by Gasteiger charge is -2.06. The second-order valence-electron chi connectivity index (χ2n) is 4.83. The van der Waals surface area contributed by atoms with Crippen molar-refractivity contribution < 1.29 is 13.2 Å². The number of alkyl halides is 3. The maximum Gasteiger partial charge on any atom is 0.416 e. The normalized spacial score (nSPS) is 12.0. The van der Waals surface area contributed by atoms with E-state index in [9.17, 15) is 13.2 Å². The van der Waals surface area contributed by atoms with E-state index in [-0.39, 0.29) is 0 Å². The zero-order valence-corrected chi connectivity index (χ0v) is 10.9. The fourth-order valence-corrected chi connectivity index (χ4v) is 2.17. The molecule has 3 aromatic rings. The minimum Gasteiger partial charge on any atom is -0.398 e. The van der Waals surface area contributed by atoms with Crippen LogP contribution in [0.4, 0.5) is 18.9 Å². The summed E-state index contributed by atoms with van der Waals surface area (Å²) in [5.74, 6) is 0. The van der Waals surface area contributed by atoms with Crippen molar-refractivity contribution in [3.8, 4) is 0 Å². The molecule has 0 saturated carbocycles. The molecule has 2 aromatic heterocycles. The molecule has 0 radical (unpaired) electrons. The van der Waals surface area contributed by atoms with Crippen LogP contribution in [-0.4, -0.2) is 9.38 Å². The predicted octanol–water partition coefficient (Wildman–Crippen LogP) is 3.53. The van der Waals surface area contributed by atoms with Gasteiger partial charge in [-0.1, -0.05) is 12.1 Å². The van der Waals surface area contributed by atoms with Crippen LogP contribution < -0.4 is 5.73 Å². The highest BCUT2D eigenvalue weighted by Gasteiger charge is 2.29. The van der Waals surface area contributed by atoms with Gasteiger partial charge in [0.05, 0.1) is 11.3 Å². The van der Waals surface area contributed by atoms with Crippen molar-refractivity contribution in [3.05, 3.63) is 65.6 Å². The van der Waals surface area contributed by atoms with Gasteiger partial charge >= 0.3 is 6.18 Å². The first-order valence-corrected chi connectivity index (χ1v) is 6.31. The first-order valence-electron chi connectivity index (χ1n) is 6.31. The van der Waals surface area contributed by atoms with E-state index in [1.807, 2.05) is 6.20 Å². The number of fused-ring (bicyclic) bond motifs is 1. The van der Waals surface area contributed by atoms with Crippen molar-refractivity contribution in [2.45, 2.75) is 12.6 Å². The van der Waals surface area contributed by atoms with E-state index in [2.05, 4.69) is 4.98 Å². The number of aromatic nitrogens is 2. The second kappa shape index (κ2) is 4.80. The van der Waals surface area contributed by atoms with Crippen molar-refractivity contribution in [1.29, 1.82) is 0 Å². The SMILES string of the molecule is Nc1ccc2nc(Cc3ccc(C(F)(F)F)cc3)cn2c1. The minimum absolute atomic E-state index is 0.472. The number of nitrogens with two attached hydrogens (primary N) is 1. The van der Waals surface area contributed by atoms with Gasteiger partial charge in [0.15, 0.2) is 0 Å². The van der Waals surface area contributed by atoms with Crippen molar-refractivity contribution >= 4 is 11.3 Å². The summed E-state index contributed by atoms with van der Waals surface area (Å²) in [4.78, 5) is 4.41. The summed E-state index contributed by atoms with van der Waals surface area (Å²) in [7, 11) is 0. The fraction of sp³-hybridized carbons (Fsp3) is 0.133. The van der Waals surface area contributed by atoms with Gasteiger partial charge in [0.2, 0.25) is 0 Å². The largest absolute Gasteiger partial charge is 0.416 e. The van der Waals surface area contributed by atoms with Crippen LogP contribution in [0.2, 0.25) is 0 Å². The van der Waals surface area contributed by atoms with Crippen LogP contribution in [0.5, 0.6) is 0 Å². The van der Waals surface area contributed by atoms with E-state index >= 15 is 0 Å². The molecule has 0 aliphatic heterocycles. The van der Waals surface area contributed by atoms with Gasteiger partial charge in [-0.25, -0.2) is 4.98 Å². The molecule has 0 aliphatic carbocycles. The van der Waals surface area contributed by atoms with Crippen LogP contribution in [0, 0.1) is 0 Å². The molecule has 3 nitrogen and oxygen atoms in total. The van der Waals surface area contributed by atoms with E-state index in [1.54, 1.807) is 22.7 Å². The van der Waals surface area contributed by atoms with Gasteiger partial charge in [-0.2, -0.15) is 13.2 Å². The number of hydrogen-bond donors (Lipinski definition) is 1. The molecular weight excluding hydrogens is 279 g/mol. The highest BCUT2D eigenvalue weighted by Crippen LogP contribution is 2.29. The number of pyridine rings is 1. The highest BCUT2D eigenvalue weighted by molar-refractivity contribution is 5.48. The third-order valence-corrected chi connectivity index (χ3v) is 3.19. The quantitative estimate of drug-likeness (QED) is 0.785. The van der Waals surface area contributed by atoms with Crippen LogP contribution in [0.25, 0.3) is 5.65 Å². The molecule has 0 atom stereocenters. The molecule has 0 saturated heterocycles. The van der Waals surface area contributed by atoms with Gasteiger partial charge < -0.3 is 10.1 Å². The molecular formula is C15H12F3N3. The van der Waals surface area contributed by atoms with Gasteiger partial charge in [-0.05, 0) is 29.8 Å². The Hall–Kier alpha value is -2.50. The number of halogens is 3. The summed E-state index contributed by atoms with van der Waals surface area (Å²) in [5, 5.41) is 0. The average molecular weight is 291 g/mol. The number of imidazole rings is 1. The number of nitrogens with zero attached hydrogens (tertiary/aromatic N) is 2. The molecule has 3 rings (SSSR count). The van der Waals surface area contributed by atoms with E-state index in [0.717, 1.165) is 29.0 Å². The predicted molar refractivity (Wildman–Crippen MR) is 73.9 cm³/mol. The standard InChI is InChI=1S/C15H12F3N3/c16-15(17,18)11-3-1-10(2-4-11)7-13-9-21-8-12(19)5-6-14(21)20-13/h1-6,8-9H,7,19H2. The van der Waals surface area contributed by atoms with Crippen LogP contribution in [0.15, 0.2) is 48.8 Å². The Morgan fingerprint density at radius 1 is 1.00 bits per heavy atom. The van der Waals surface area contributed by atoms with E-state index in [0.29, 0.717) is 12.1 Å². The molecule has 0 aliphatic rings. The maximum absolute atomic E-state index is 12.5. The van der Waals surface area contributed by atoms with Crippen molar-refractivity contribution in [2.75, 3.05) is 5.73 Å². The molecule has 1 aromatic carbocycles. The van der Waals surface area contributed by atoms with Crippen LogP contribution in [-0.2, 0) is 12.6 Å². The minimum atomic E-state index is -4.31. The lowest BCUT2D eigenvalue weighted by Crippen LogP contribution is -2.04. The Morgan fingerprint density at radius 3 is 2.38 bits per heavy atom. The zero-order valence-electron chi connectivity index (χ0n) is 10.9. The van der Waals surface area contributed by atoms with Crippen molar-refractivity contribution in [2.24, 2.45) is 0 Å². The summed E-state index contributed by atoms with van der Waals surface area (Å²) in [6.07, 6.45) is -0.263. The molecule has 0 fully saturated rings. The van der Waals surface area contributed by atoms with Crippen LogP contribution in [0.1, 0.15) is 16.8 Å². The van der Waals surface area contributed by atoms with Crippen LogP contribution >= 0.6 is 0 Å².